The van der Waals surface area contributed by atoms with Gasteiger partial charge in [-0.2, -0.15) is 0 Å². The summed E-state index contributed by atoms with van der Waals surface area (Å²) in [5.41, 5.74) is 1.37. The van der Waals surface area contributed by atoms with Crippen molar-refractivity contribution in [3.05, 3.63) is 40.8 Å². The maximum Gasteiger partial charge on any atom is 0.287 e. The Morgan fingerprint density at radius 2 is 2.19 bits per heavy atom. The molecule has 1 aromatic heterocycles. The largest absolute Gasteiger partial charge is 0.502 e. The fraction of sp³-hybridized carbons (Fsp3) is 0.450. The molecule has 0 saturated carbocycles. The minimum absolute atomic E-state index is 0.130. The number of aromatic nitrogens is 4. The van der Waals surface area contributed by atoms with Crippen LogP contribution < -0.4 is 5.32 Å². The van der Waals surface area contributed by atoms with Crippen LogP contribution in [0.1, 0.15) is 31.4 Å². The van der Waals surface area contributed by atoms with E-state index in [-0.39, 0.29) is 12.2 Å². The van der Waals surface area contributed by atoms with Crippen molar-refractivity contribution in [3.63, 3.8) is 0 Å². The number of Topliss-reactive ketones (excluding diaryl/α,β-unsaturated/α-hetero) is 1. The molecule has 1 saturated heterocycles. The number of rotatable bonds is 4. The van der Waals surface area contributed by atoms with E-state index in [0.717, 1.165) is 16.7 Å². The number of aliphatic hydroxyl groups excluding tert-OH is 1. The number of tetrazole rings is 1. The van der Waals surface area contributed by atoms with Crippen molar-refractivity contribution < 1.29 is 24.1 Å². The summed E-state index contributed by atoms with van der Waals surface area (Å²) in [5.74, 6) is -1.26. The number of carbonyl (C=O) groups is 2. The predicted octanol–water partition coefficient (Wildman–Crippen LogP) is 1.14. The maximum atomic E-state index is 12.9. The molecule has 1 fully saturated rings. The molecular formula is C20H24N7O4+. The van der Waals surface area contributed by atoms with Gasteiger partial charge < -0.3 is 15.2 Å². The van der Waals surface area contributed by atoms with Gasteiger partial charge in [0.15, 0.2) is 5.82 Å². The lowest BCUT2D eigenvalue weighted by Gasteiger charge is -2.31. The lowest BCUT2D eigenvalue weighted by molar-refractivity contribution is -0.734. The summed E-state index contributed by atoms with van der Waals surface area (Å²) in [7, 11) is 1.73. The molecular weight excluding hydrogens is 402 g/mol. The minimum atomic E-state index is -0.868. The number of hydrogen-bond donors (Lipinski definition) is 2. The number of hydrogen-bond acceptors (Lipinski definition) is 8. The predicted molar refractivity (Wildman–Crippen MR) is 107 cm³/mol. The van der Waals surface area contributed by atoms with Gasteiger partial charge in [-0.3, -0.25) is 9.59 Å². The topological polar surface area (TPSA) is 135 Å². The van der Waals surface area contributed by atoms with E-state index >= 15 is 0 Å². The number of benzene rings is 1. The van der Waals surface area contributed by atoms with Crippen LogP contribution in [0.5, 0.6) is 0 Å². The summed E-state index contributed by atoms with van der Waals surface area (Å²) in [6, 6.07) is 5.07. The molecule has 0 spiro atoms. The van der Waals surface area contributed by atoms with Gasteiger partial charge in [-0.1, -0.05) is 22.4 Å². The number of fused-ring (bicyclic) bond motifs is 1. The maximum absolute atomic E-state index is 12.9. The van der Waals surface area contributed by atoms with Crippen LogP contribution in [-0.2, 0) is 27.9 Å². The molecule has 0 aliphatic carbocycles. The van der Waals surface area contributed by atoms with Crippen molar-refractivity contribution in [3.8, 4) is 11.4 Å². The van der Waals surface area contributed by atoms with Gasteiger partial charge in [-0.15, -0.1) is 5.10 Å². The zero-order valence-corrected chi connectivity index (χ0v) is 17.8. The fourth-order valence-electron chi connectivity index (χ4n) is 3.77. The normalized spacial score (nSPS) is 20.3. The van der Waals surface area contributed by atoms with Crippen molar-refractivity contribution in [2.24, 2.45) is 12.2 Å². The van der Waals surface area contributed by atoms with Gasteiger partial charge in [-0.05, 0) is 29.0 Å². The number of carbonyl (C=O) groups excluding carboxylic acids is 2. The van der Waals surface area contributed by atoms with Gasteiger partial charge in [0.2, 0.25) is 17.5 Å². The Kier molecular flexibility index (Phi) is 5.13. The summed E-state index contributed by atoms with van der Waals surface area (Å²) in [4.78, 5) is 25.5. The molecule has 0 bridgehead atoms. The third-order valence-corrected chi connectivity index (χ3v) is 5.44. The number of nitrogens with one attached hydrogen (secondary N) is 1. The zero-order valence-electron chi connectivity index (χ0n) is 17.8. The van der Waals surface area contributed by atoms with Crippen LogP contribution in [-0.4, -0.2) is 60.1 Å². The second kappa shape index (κ2) is 7.65. The van der Waals surface area contributed by atoms with Crippen molar-refractivity contribution in [2.45, 2.75) is 45.5 Å². The average Bonchev–Trinajstić information content (AvgIpc) is 3.15. The van der Waals surface area contributed by atoms with E-state index in [2.05, 4.69) is 26.0 Å². The molecule has 2 aliphatic rings. The molecule has 0 radical (unpaired) electrons. The number of azo groups is 2. The van der Waals surface area contributed by atoms with Crippen LogP contribution in [0.15, 0.2) is 34.8 Å². The molecule has 2 aliphatic heterocycles. The summed E-state index contributed by atoms with van der Waals surface area (Å²) in [6.45, 7) is 5.98. The van der Waals surface area contributed by atoms with Crippen molar-refractivity contribution >= 4 is 11.7 Å². The van der Waals surface area contributed by atoms with Gasteiger partial charge in [0, 0.05) is 44.5 Å². The second-order valence-corrected chi connectivity index (χ2v) is 8.08. The highest BCUT2D eigenvalue weighted by Gasteiger charge is 2.52. The molecule has 3 heterocycles. The first kappa shape index (κ1) is 20.8. The first-order valence-electron chi connectivity index (χ1n) is 9.92. The Morgan fingerprint density at radius 1 is 1.42 bits per heavy atom. The SMILES string of the molecule is Cc1ccc(CNC(=O)C2=C(O)C(=O)C3CCOC(C)(C)[N+]3=N2)c(-c2nnnn2C)c1. The smallest absolute Gasteiger partial charge is 0.287 e. The molecule has 11 nitrogen and oxygen atoms in total. The lowest BCUT2D eigenvalue weighted by Crippen LogP contribution is -2.54. The summed E-state index contributed by atoms with van der Waals surface area (Å²) in [5, 5.41) is 29.0. The highest BCUT2D eigenvalue weighted by Crippen LogP contribution is 2.29. The molecule has 1 amide bonds. The Labute approximate surface area is 178 Å². The van der Waals surface area contributed by atoms with Gasteiger partial charge in [-0.25, -0.2) is 4.68 Å². The molecule has 2 aromatic rings. The van der Waals surface area contributed by atoms with Crippen LogP contribution in [0.4, 0.5) is 0 Å². The number of ketones is 1. The van der Waals surface area contributed by atoms with E-state index in [1.807, 2.05) is 25.1 Å². The Bertz CT molecular complexity index is 1130. The Hall–Kier alpha value is -3.47. The average molecular weight is 426 g/mol. The van der Waals surface area contributed by atoms with E-state index < -0.39 is 29.2 Å². The molecule has 2 N–H and O–H groups in total. The minimum Gasteiger partial charge on any atom is -0.502 e. The van der Waals surface area contributed by atoms with Crippen LogP contribution in [0, 0.1) is 6.92 Å². The molecule has 31 heavy (non-hydrogen) atoms. The molecule has 1 aromatic carbocycles. The zero-order chi connectivity index (χ0) is 22.3. The highest BCUT2D eigenvalue weighted by molar-refractivity contribution is 6.05. The number of aliphatic hydroxyl groups is 1. The molecule has 11 heteroatoms. The van der Waals surface area contributed by atoms with Crippen molar-refractivity contribution in [2.75, 3.05) is 6.61 Å². The highest BCUT2D eigenvalue weighted by atomic mass is 16.5. The van der Waals surface area contributed by atoms with Gasteiger partial charge >= 0.3 is 0 Å². The lowest BCUT2D eigenvalue weighted by atomic mass is 10.0. The second-order valence-electron chi connectivity index (χ2n) is 8.08. The van der Waals surface area contributed by atoms with Crippen LogP contribution in [0.2, 0.25) is 0 Å². The third kappa shape index (κ3) is 3.72. The number of nitrogens with zero attached hydrogens (tertiary/aromatic N) is 6. The standard InChI is InChI=1S/C20H23N7O4/c1-11-5-6-12(13(9-11)18-22-24-25-26(18)4)10-21-19(30)15-17(29)16(28)14-7-8-31-20(2,3)27(14)23-15/h5-6,9,14H,7-8,10H2,1-4H3,(H,21,30)/p+1. The Balaban J connectivity index is 1.60. The molecule has 4 rings (SSSR count). The first-order valence-corrected chi connectivity index (χ1v) is 9.92. The summed E-state index contributed by atoms with van der Waals surface area (Å²) < 4.78 is 8.68. The Morgan fingerprint density at radius 3 is 2.90 bits per heavy atom. The van der Waals surface area contributed by atoms with Crippen LogP contribution in [0.3, 0.4) is 0 Å². The van der Waals surface area contributed by atoms with Crippen molar-refractivity contribution in [1.82, 2.24) is 25.5 Å². The van der Waals surface area contributed by atoms with E-state index in [1.165, 1.54) is 4.70 Å². The summed E-state index contributed by atoms with van der Waals surface area (Å²) >= 11 is 0. The monoisotopic (exact) mass is 426 g/mol. The molecule has 1 unspecified atom stereocenters. The van der Waals surface area contributed by atoms with Crippen LogP contribution >= 0.6 is 0 Å². The van der Waals surface area contributed by atoms with E-state index in [4.69, 9.17) is 4.74 Å². The number of amides is 1. The molecule has 162 valence electrons. The summed E-state index contributed by atoms with van der Waals surface area (Å²) in [6.07, 6.45) is 0.392. The first-order chi connectivity index (χ1) is 14.7. The van der Waals surface area contributed by atoms with Crippen LogP contribution in [0.25, 0.3) is 11.4 Å². The quantitative estimate of drug-likeness (QED) is 0.700. The third-order valence-electron chi connectivity index (χ3n) is 5.44. The van der Waals surface area contributed by atoms with Gasteiger partial charge in [0.25, 0.3) is 17.4 Å². The van der Waals surface area contributed by atoms with E-state index in [0.29, 0.717) is 18.9 Å². The van der Waals surface area contributed by atoms with Crippen molar-refractivity contribution in [1.29, 1.82) is 0 Å². The van der Waals surface area contributed by atoms with E-state index in [9.17, 15) is 14.7 Å². The number of aryl methyl sites for hydroxylation is 2. The number of ether oxygens (including phenoxy) is 1. The fourth-order valence-corrected chi connectivity index (χ4v) is 3.77. The van der Waals surface area contributed by atoms with Gasteiger partial charge in [0.05, 0.1) is 6.61 Å². The van der Waals surface area contributed by atoms with Gasteiger partial charge in [0.1, 0.15) is 0 Å². The van der Waals surface area contributed by atoms with E-state index in [1.54, 1.807) is 25.6 Å². The molecule has 1 atom stereocenters.